The molecule has 184 valence electrons. The number of para-hydroxylation sites is 1. The quantitative estimate of drug-likeness (QED) is 0.560. The number of hydrogen-bond acceptors (Lipinski definition) is 4. The average molecular weight is 506 g/mol. The minimum Gasteiger partial charge on any atom is -0.352 e. The summed E-state index contributed by atoms with van der Waals surface area (Å²) in [5.74, 6) is -0.726. The van der Waals surface area contributed by atoms with Crippen molar-refractivity contribution in [2.24, 2.45) is 0 Å². The Morgan fingerprint density at radius 1 is 1.09 bits per heavy atom. The highest BCUT2D eigenvalue weighted by atomic mass is 35.5. The summed E-state index contributed by atoms with van der Waals surface area (Å²) in [5.41, 5.74) is 2.15. The van der Waals surface area contributed by atoms with Gasteiger partial charge in [-0.3, -0.25) is 13.9 Å². The molecule has 0 aromatic heterocycles. The molecule has 0 bridgehead atoms. The third kappa shape index (κ3) is 6.73. The Balaban J connectivity index is 1.88. The molecule has 1 fully saturated rings. The summed E-state index contributed by atoms with van der Waals surface area (Å²) in [6.45, 7) is 3.36. The van der Waals surface area contributed by atoms with Gasteiger partial charge in [-0.25, -0.2) is 8.42 Å². The van der Waals surface area contributed by atoms with E-state index in [0.717, 1.165) is 47.4 Å². The number of anilines is 1. The number of rotatable bonds is 9. The van der Waals surface area contributed by atoms with Crippen LogP contribution < -0.4 is 9.62 Å². The number of nitrogens with one attached hydrogen (secondary N) is 1. The van der Waals surface area contributed by atoms with Crippen LogP contribution in [0.3, 0.4) is 0 Å². The van der Waals surface area contributed by atoms with Gasteiger partial charge in [0.2, 0.25) is 21.8 Å². The fourth-order valence-electron chi connectivity index (χ4n) is 4.11. The Morgan fingerprint density at radius 2 is 1.71 bits per heavy atom. The van der Waals surface area contributed by atoms with E-state index in [0.29, 0.717) is 0 Å². The molecule has 0 unspecified atom stereocenters. The second kappa shape index (κ2) is 11.2. The van der Waals surface area contributed by atoms with Crippen molar-refractivity contribution in [1.29, 1.82) is 0 Å². The number of carbonyl (C=O) groups is 2. The van der Waals surface area contributed by atoms with Gasteiger partial charge >= 0.3 is 0 Å². The van der Waals surface area contributed by atoms with E-state index in [1.165, 1.54) is 4.90 Å². The van der Waals surface area contributed by atoms with E-state index in [4.69, 9.17) is 11.6 Å². The van der Waals surface area contributed by atoms with Crippen molar-refractivity contribution in [1.82, 2.24) is 10.2 Å². The molecular formula is C25H32ClN3O4S. The summed E-state index contributed by atoms with van der Waals surface area (Å²) in [6, 6.07) is 13.5. The van der Waals surface area contributed by atoms with E-state index in [9.17, 15) is 18.0 Å². The van der Waals surface area contributed by atoms with Crippen molar-refractivity contribution in [3.05, 3.63) is 64.7 Å². The van der Waals surface area contributed by atoms with E-state index in [-0.39, 0.29) is 29.2 Å². The van der Waals surface area contributed by atoms with E-state index in [1.54, 1.807) is 31.2 Å². The zero-order valence-corrected chi connectivity index (χ0v) is 21.4. The van der Waals surface area contributed by atoms with Crippen LogP contribution in [0.2, 0.25) is 5.02 Å². The molecule has 1 atom stereocenters. The predicted octanol–water partition coefficient (Wildman–Crippen LogP) is 3.89. The van der Waals surface area contributed by atoms with Gasteiger partial charge in [-0.15, -0.1) is 0 Å². The zero-order chi connectivity index (χ0) is 24.9. The van der Waals surface area contributed by atoms with Gasteiger partial charge in [-0.2, -0.15) is 0 Å². The minimum atomic E-state index is -3.81. The highest BCUT2D eigenvalue weighted by Gasteiger charge is 2.31. The standard InChI is InChI=1S/C25H32ClN3O4S/c1-18-12-14-20(15-13-18)16-28(19(2)25(31)27-21-8-4-5-9-21)24(30)17-29(34(3,32)33)23-11-7-6-10-22(23)26/h6-7,10-15,19,21H,4-5,8-9,16-17H2,1-3H3,(H,27,31)/t19-/m0/s1. The molecule has 0 saturated heterocycles. The monoisotopic (exact) mass is 505 g/mol. The fraction of sp³-hybridized carbons (Fsp3) is 0.440. The van der Waals surface area contributed by atoms with Crippen LogP contribution in [-0.2, 0) is 26.2 Å². The SMILES string of the molecule is Cc1ccc(CN(C(=O)CN(c2ccccc2Cl)S(C)(=O)=O)[C@@H](C)C(=O)NC2CCCC2)cc1. The first kappa shape index (κ1) is 26.0. The molecule has 1 N–H and O–H groups in total. The van der Waals surface area contributed by atoms with Crippen molar-refractivity contribution < 1.29 is 18.0 Å². The Morgan fingerprint density at radius 3 is 2.29 bits per heavy atom. The topological polar surface area (TPSA) is 86.8 Å². The molecule has 2 aromatic rings. The number of amides is 2. The van der Waals surface area contributed by atoms with E-state index >= 15 is 0 Å². The maximum absolute atomic E-state index is 13.5. The van der Waals surface area contributed by atoms with Crippen molar-refractivity contribution in [3.63, 3.8) is 0 Å². The van der Waals surface area contributed by atoms with Gasteiger partial charge in [0.05, 0.1) is 17.0 Å². The largest absolute Gasteiger partial charge is 0.352 e. The summed E-state index contributed by atoms with van der Waals surface area (Å²) in [6.07, 6.45) is 5.04. The van der Waals surface area contributed by atoms with Gasteiger partial charge in [0.15, 0.2) is 0 Å². The molecule has 7 nitrogen and oxygen atoms in total. The van der Waals surface area contributed by atoms with E-state index < -0.39 is 28.5 Å². The summed E-state index contributed by atoms with van der Waals surface area (Å²) in [4.78, 5) is 28.0. The lowest BCUT2D eigenvalue weighted by Crippen LogP contribution is -2.52. The second-order valence-corrected chi connectivity index (χ2v) is 11.2. The first-order chi connectivity index (χ1) is 16.1. The third-order valence-electron chi connectivity index (χ3n) is 6.14. The number of aryl methyl sites for hydroxylation is 1. The lowest BCUT2D eigenvalue weighted by molar-refractivity contribution is -0.139. The smallest absolute Gasteiger partial charge is 0.244 e. The maximum atomic E-state index is 13.5. The first-order valence-electron chi connectivity index (χ1n) is 11.4. The summed E-state index contributed by atoms with van der Waals surface area (Å²) in [7, 11) is -3.81. The maximum Gasteiger partial charge on any atom is 0.244 e. The van der Waals surface area contributed by atoms with Crippen LogP contribution in [-0.4, -0.2) is 50.0 Å². The van der Waals surface area contributed by atoms with Crippen LogP contribution in [0.4, 0.5) is 5.69 Å². The van der Waals surface area contributed by atoms with Crippen molar-refractivity contribution in [2.45, 2.75) is 58.2 Å². The second-order valence-electron chi connectivity index (χ2n) is 8.89. The Kier molecular flexibility index (Phi) is 8.60. The van der Waals surface area contributed by atoms with Gasteiger partial charge in [0.25, 0.3) is 0 Å². The molecule has 3 rings (SSSR count). The number of nitrogens with zero attached hydrogens (tertiary/aromatic N) is 2. The van der Waals surface area contributed by atoms with Crippen LogP contribution in [0.25, 0.3) is 0 Å². The molecule has 1 aliphatic carbocycles. The van der Waals surface area contributed by atoms with Crippen LogP contribution >= 0.6 is 11.6 Å². The van der Waals surface area contributed by atoms with Crippen LogP contribution in [0.5, 0.6) is 0 Å². The average Bonchev–Trinajstić information content (AvgIpc) is 3.29. The number of benzene rings is 2. The molecule has 2 amide bonds. The molecule has 0 spiro atoms. The zero-order valence-electron chi connectivity index (χ0n) is 19.8. The van der Waals surface area contributed by atoms with Gasteiger partial charge in [-0.1, -0.05) is 66.4 Å². The Hall–Kier alpha value is -2.58. The normalized spacial score (nSPS) is 15.1. The van der Waals surface area contributed by atoms with Crippen LogP contribution in [0, 0.1) is 6.92 Å². The number of halogens is 1. The molecule has 0 heterocycles. The molecule has 0 aliphatic heterocycles. The third-order valence-corrected chi connectivity index (χ3v) is 7.59. The van der Waals surface area contributed by atoms with Crippen molar-refractivity contribution >= 4 is 39.1 Å². The molecule has 1 aliphatic rings. The van der Waals surface area contributed by atoms with Gasteiger partial charge < -0.3 is 10.2 Å². The lowest BCUT2D eigenvalue weighted by Gasteiger charge is -2.32. The number of hydrogen-bond donors (Lipinski definition) is 1. The minimum absolute atomic E-state index is 0.113. The Labute approximate surface area is 207 Å². The van der Waals surface area contributed by atoms with Crippen molar-refractivity contribution in [3.8, 4) is 0 Å². The van der Waals surface area contributed by atoms with Crippen LogP contribution in [0.1, 0.15) is 43.7 Å². The molecule has 9 heteroatoms. The van der Waals surface area contributed by atoms with E-state index in [2.05, 4.69) is 5.32 Å². The number of carbonyl (C=O) groups excluding carboxylic acids is 2. The Bertz CT molecular complexity index is 1120. The van der Waals surface area contributed by atoms with Gasteiger partial charge in [-0.05, 0) is 44.4 Å². The fourth-order valence-corrected chi connectivity index (χ4v) is 5.26. The summed E-state index contributed by atoms with van der Waals surface area (Å²) in [5, 5.41) is 3.27. The van der Waals surface area contributed by atoms with Crippen LogP contribution in [0.15, 0.2) is 48.5 Å². The molecule has 1 saturated carbocycles. The molecule has 2 aromatic carbocycles. The van der Waals surface area contributed by atoms with Crippen molar-refractivity contribution in [2.75, 3.05) is 17.1 Å². The van der Waals surface area contributed by atoms with Gasteiger partial charge in [0, 0.05) is 12.6 Å². The molecule has 0 radical (unpaired) electrons. The highest BCUT2D eigenvalue weighted by Crippen LogP contribution is 2.27. The summed E-state index contributed by atoms with van der Waals surface area (Å²) < 4.78 is 26.2. The highest BCUT2D eigenvalue weighted by molar-refractivity contribution is 7.92. The number of sulfonamides is 1. The lowest BCUT2D eigenvalue weighted by atomic mass is 10.1. The molecular weight excluding hydrogens is 474 g/mol. The molecule has 34 heavy (non-hydrogen) atoms. The van der Waals surface area contributed by atoms with E-state index in [1.807, 2.05) is 31.2 Å². The first-order valence-corrected chi connectivity index (χ1v) is 13.7. The predicted molar refractivity (Wildman–Crippen MR) is 135 cm³/mol. The van der Waals surface area contributed by atoms with Gasteiger partial charge in [0.1, 0.15) is 12.6 Å². The summed E-state index contributed by atoms with van der Waals surface area (Å²) >= 11 is 6.25.